The summed E-state index contributed by atoms with van der Waals surface area (Å²) in [7, 11) is 0. The largest absolute Gasteiger partial charge is 0.484 e. The molecule has 0 spiro atoms. The summed E-state index contributed by atoms with van der Waals surface area (Å²) in [4.78, 5) is 23.9. The third-order valence-electron chi connectivity index (χ3n) is 3.36. The van der Waals surface area contributed by atoms with Crippen LogP contribution in [0.1, 0.15) is 22.8 Å². The molecule has 136 valence electrons. The third-order valence-corrected chi connectivity index (χ3v) is 4.26. The number of hydrogen-bond acceptors (Lipinski definition) is 4. The number of amides is 2. The summed E-state index contributed by atoms with van der Waals surface area (Å²) >= 11 is 8.27. The lowest BCUT2D eigenvalue weighted by molar-refractivity contribution is -0.123. The molecule has 0 saturated heterocycles. The molecule has 2 aromatic carbocycles. The zero-order valence-electron chi connectivity index (χ0n) is 14.0. The standard InChI is InChI=1S/C18H18BrN3O3S/c1-2-12-7-9-13(10-8-12)25-11-16(23)21-22-18(26)20-17(24)14-5-3-4-6-15(14)19/h3-10H,2,11H2,1H3,(H,21,23)(H2,20,22,24,26). The van der Waals surface area contributed by atoms with Crippen LogP contribution in [0, 0.1) is 0 Å². The summed E-state index contributed by atoms with van der Waals surface area (Å²) in [6, 6.07) is 14.4. The Balaban J connectivity index is 1.73. The molecule has 2 aromatic rings. The van der Waals surface area contributed by atoms with E-state index in [4.69, 9.17) is 17.0 Å². The molecule has 0 aliphatic heterocycles. The van der Waals surface area contributed by atoms with Gasteiger partial charge in [0.05, 0.1) is 5.56 Å². The summed E-state index contributed by atoms with van der Waals surface area (Å²) in [6.07, 6.45) is 0.938. The minimum atomic E-state index is -0.429. The molecule has 3 N–H and O–H groups in total. The number of thiocarbonyl (C=S) groups is 1. The lowest BCUT2D eigenvalue weighted by atomic mass is 10.2. The van der Waals surface area contributed by atoms with Gasteiger partial charge in [0.25, 0.3) is 11.8 Å². The Morgan fingerprint density at radius 3 is 2.42 bits per heavy atom. The van der Waals surface area contributed by atoms with Crippen LogP contribution in [-0.2, 0) is 11.2 Å². The van der Waals surface area contributed by atoms with Crippen LogP contribution in [0.25, 0.3) is 0 Å². The Bertz CT molecular complexity index is 797. The molecule has 26 heavy (non-hydrogen) atoms. The van der Waals surface area contributed by atoms with E-state index in [2.05, 4.69) is 39.0 Å². The second kappa shape index (κ2) is 9.88. The Kier molecular flexibility index (Phi) is 7.55. The van der Waals surface area contributed by atoms with Crippen LogP contribution in [0.2, 0.25) is 0 Å². The fourth-order valence-corrected chi connectivity index (χ4v) is 2.59. The number of ether oxygens (including phenoxy) is 1. The maximum Gasteiger partial charge on any atom is 0.276 e. The first-order valence-corrected chi connectivity index (χ1v) is 9.06. The van der Waals surface area contributed by atoms with Crippen LogP contribution in [0.15, 0.2) is 53.0 Å². The lowest BCUT2D eigenvalue weighted by Gasteiger charge is -2.12. The highest BCUT2D eigenvalue weighted by molar-refractivity contribution is 9.10. The minimum absolute atomic E-state index is 0.0219. The van der Waals surface area contributed by atoms with Crippen LogP contribution in [-0.4, -0.2) is 23.5 Å². The molecular weight excluding hydrogens is 418 g/mol. The van der Waals surface area contributed by atoms with Gasteiger partial charge in [0.15, 0.2) is 11.7 Å². The second-order valence-electron chi connectivity index (χ2n) is 5.22. The van der Waals surface area contributed by atoms with E-state index in [1.54, 1.807) is 24.3 Å². The number of nitrogens with one attached hydrogen (secondary N) is 3. The molecule has 0 radical (unpaired) electrons. The molecule has 2 amide bonds. The van der Waals surface area contributed by atoms with Crippen LogP contribution in [0.4, 0.5) is 0 Å². The molecule has 6 nitrogen and oxygen atoms in total. The first-order valence-electron chi connectivity index (χ1n) is 7.86. The molecular formula is C18H18BrN3O3S. The van der Waals surface area contributed by atoms with Gasteiger partial charge < -0.3 is 4.74 Å². The molecule has 0 bridgehead atoms. The Labute approximate surface area is 165 Å². The number of benzene rings is 2. The fraction of sp³-hybridized carbons (Fsp3) is 0.167. The molecule has 0 aliphatic rings. The number of aryl methyl sites for hydroxylation is 1. The molecule has 0 aliphatic carbocycles. The highest BCUT2D eigenvalue weighted by atomic mass is 79.9. The van der Waals surface area contributed by atoms with Crippen molar-refractivity contribution in [2.24, 2.45) is 0 Å². The number of carbonyl (C=O) groups excluding carboxylic acids is 2. The minimum Gasteiger partial charge on any atom is -0.484 e. The number of halogens is 1. The average molecular weight is 436 g/mol. The number of carbonyl (C=O) groups is 2. The van der Waals surface area contributed by atoms with Gasteiger partial charge in [0.2, 0.25) is 0 Å². The van der Waals surface area contributed by atoms with E-state index < -0.39 is 11.8 Å². The molecule has 8 heteroatoms. The zero-order valence-corrected chi connectivity index (χ0v) is 16.4. The number of rotatable bonds is 5. The molecule has 0 heterocycles. The maximum atomic E-state index is 12.1. The SMILES string of the molecule is CCc1ccc(OCC(=O)NNC(=S)NC(=O)c2ccccc2Br)cc1. The highest BCUT2D eigenvalue weighted by Gasteiger charge is 2.11. The molecule has 0 fully saturated rings. The van der Waals surface area contributed by atoms with Gasteiger partial charge in [-0.3, -0.25) is 25.8 Å². The van der Waals surface area contributed by atoms with E-state index in [0.717, 1.165) is 6.42 Å². The summed E-state index contributed by atoms with van der Waals surface area (Å²) in [6.45, 7) is 1.88. The van der Waals surface area contributed by atoms with Crippen molar-refractivity contribution in [2.45, 2.75) is 13.3 Å². The quantitative estimate of drug-likeness (QED) is 0.496. The van der Waals surface area contributed by atoms with Crippen molar-refractivity contribution in [2.75, 3.05) is 6.61 Å². The van der Waals surface area contributed by atoms with Crippen LogP contribution in [0.5, 0.6) is 5.75 Å². The van der Waals surface area contributed by atoms with Gasteiger partial charge in [-0.25, -0.2) is 0 Å². The fourth-order valence-electron chi connectivity index (χ4n) is 1.98. The van der Waals surface area contributed by atoms with Gasteiger partial charge in [0, 0.05) is 4.47 Å². The smallest absolute Gasteiger partial charge is 0.276 e. The van der Waals surface area contributed by atoms with Crippen molar-refractivity contribution in [1.29, 1.82) is 0 Å². The van der Waals surface area contributed by atoms with Gasteiger partial charge in [-0.15, -0.1) is 0 Å². The molecule has 0 unspecified atom stereocenters. The maximum absolute atomic E-state index is 12.1. The summed E-state index contributed by atoms with van der Waals surface area (Å²) in [5.74, 6) is -0.222. The predicted molar refractivity (Wildman–Crippen MR) is 107 cm³/mol. The van der Waals surface area contributed by atoms with Crippen molar-refractivity contribution in [3.8, 4) is 5.75 Å². The van der Waals surface area contributed by atoms with Crippen molar-refractivity contribution < 1.29 is 14.3 Å². The molecule has 2 rings (SSSR count). The van der Waals surface area contributed by atoms with Crippen molar-refractivity contribution in [1.82, 2.24) is 16.2 Å². The first kappa shape index (κ1) is 19.9. The van der Waals surface area contributed by atoms with Gasteiger partial charge in [-0.2, -0.15) is 0 Å². The number of hydrogen-bond donors (Lipinski definition) is 3. The van der Waals surface area contributed by atoms with Crippen molar-refractivity contribution in [3.63, 3.8) is 0 Å². The van der Waals surface area contributed by atoms with Crippen molar-refractivity contribution in [3.05, 3.63) is 64.1 Å². The lowest BCUT2D eigenvalue weighted by Crippen LogP contribution is -2.49. The molecule has 0 atom stereocenters. The van der Waals surface area contributed by atoms with E-state index in [1.165, 1.54) is 5.56 Å². The summed E-state index contributed by atoms with van der Waals surface area (Å²) in [5, 5.41) is 2.45. The van der Waals surface area contributed by atoms with Gasteiger partial charge in [-0.05, 0) is 64.4 Å². The Hall–Kier alpha value is -2.45. The van der Waals surface area contributed by atoms with Crippen LogP contribution >= 0.6 is 28.1 Å². The molecule has 0 saturated carbocycles. The third kappa shape index (κ3) is 6.12. The topological polar surface area (TPSA) is 79.5 Å². The van der Waals surface area contributed by atoms with E-state index in [1.807, 2.05) is 24.3 Å². The van der Waals surface area contributed by atoms with E-state index in [9.17, 15) is 9.59 Å². The summed E-state index contributed by atoms with van der Waals surface area (Å²) in [5.41, 5.74) is 6.45. The average Bonchev–Trinajstić information content (AvgIpc) is 2.65. The van der Waals surface area contributed by atoms with E-state index in [-0.39, 0.29) is 11.7 Å². The van der Waals surface area contributed by atoms with E-state index >= 15 is 0 Å². The van der Waals surface area contributed by atoms with Crippen LogP contribution < -0.4 is 20.9 Å². The second-order valence-corrected chi connectivity index (χ2v) is 6.49. The monoisotopic (exact) mass is 435 g/mol. The number of hydrazine groups is 1. The Morgan fingerprint density at radius 1 is 1.08 bits per heavy atom. The normalized spacial score (nSPS) is 9.92. The zero-order chi connectivity index (χ0) is 18.9. The Morgan fingerprint density at radius 2 is 1.77 bits per heavy atom. The molecule has 0 aromatic heterocycles. The van der Waals surface area contributed by atoms with Crippen molar-refractivity contribution >= 4 is 45.1 Å². The predicted octanol–water partition coefficient (Wildman–Crippen LogP) is 2.73. The first-order chi connectivity index (χ1) is 12.5. The van der Waals surface area contributed by atoms with Gasteiger partial charge in [-0.1, -0.05) is 31.2 Å². The summed E-state index contributed by atoms with van der Waals surface area (Å²) < 4.78 is 6.02. The highest BCUT2D eigenvalue weighted by Crippen LogP contribution is 2.15. The van der Waals surface area contributed by atoms with Gasteiger partial charge >= 0.3 is 0 Å². The van der Waals surface area contributed by atoms with Gasteiger partial charge in [0.1, 0.15) is 5.75 Å². The van der Waals surface area contributed by atoms with E-state index in [0.29, 0.717) is 15.8 Å². The van der Waals surface area contributed by atoms with Crippen LogP contribution in [0.3, 0.4) is 0 Å².